The van der Waals surface area contributed by atoms with Gasteiger partial charge in [0.2, 0.25) is 5.91 Å². The molecule has 4 rings (SSSR count). The van der Waals surface area contributed by atoms with Crippen molar-refractivity contribution < 1.29 is 28.7 Å². The Balaban J connectivity index is 1.51. The number of rotatable bonds is 4. The fraction of sp³-hybridized carbons (Fsp3) is 0.238. The minimum atomic E-state index is -1.24. The first-order chi connectivity index (χ1) is 14.4. The zero-order valence-electron chi connectivity index (χ0n) is 16.1. The van der Waals surface area contributed by atoms with Crippen molar-refractivity contribution in [1.29, 1.82) is 0 Å². The summed E-state index contributed by atoms with van der Waals surface area (Å²) in [5.41, 5.74) is -0.0517. The maximum absolute atomic E-state index is 13.2. The summed E-state index contributed by atoms with van der Waals surface area (Å²) >= 11 is 0. The van der Waals surface area contributed by atoms with E-state index in [0.29, 0.717) is 17.0 Å². The van der Waals surface area contributed by atoms with E-state index >= 15 is 0 Å². The van der Waals surface area contributed by atoms with Crippen LogP contribution in [0.1, 0.15) is 22.3 Å². The van der Waals surface area contributed by atoms with Gasteiger partial charge in [-0.25, -0.2) is 9.59 Å². The number of nitrogens with zero attached hydrogens (tertiary/aromatic N) is 1. The first kappa shape index (κ1) is 19.4. The number of esters is 1. The molecule has 2 aliphatic heterocycles. The molecular weight excluding hydrogens is 390 g/mol. The minimum Gasteiger partial charge on any atom is -0.493 e. The zero-order valence-corrected chi connectivity index (χ0v) is 16.1. The molecule has 9 nitrogen and oxygen atoms in total. The van der Waals surface area contributed by atoms with Crippen LogP contribution in [0.4, 0.5) is 10.5 Å². The predicted octanol–water partition coefficient (Wildman–Crippen LogP) is 1.64. The second-order valence-electron chi connectivity index (χ2n) is 6.94. The Morgan fingerprint density at radius 3 is 2.80 bits per heavy atom. The first-order valence-corrected chi connectivity index (χ1v) is 9.29. The van der Waals surface area contributed by atoms with Gasteiger partial charge in [-0.1, -0.05) is 24.3 Å². The van der Waals surface area contributed by atoms with Crippen LogP contribution in [0.15, 0.2) is 48.5 Å². The number of fused-ring (bicyclic) bond motifs is 2. The summed E-state index contributed by atoms with van der Waals surface area (Å²) in [6.07, 6.45) is 0.272. The van der Waals surface area contributed by atoms with Crippen LogP contribution in [0, 0.1) is 0 Å². The lowest BCUT2D eigenvalue weighted by Gasteiger charge is -2.33. The number of urea groups is 1. The zero-order chi connectivity index (χ0) is 21.3. The first-order valence-electron chi connectivity index (χ1n) is 9.29. The lowest BCUT2D eigenvalue weighted by atomic mass is 9.84. The molecule has 2 aliphatic rings. The number of hydrogen-bond donors (Lipinski definition) is 2. The molecule has 1 fully saturated rings. The molecule has 0 bridgehead atoms. The van der Waals surface area contributed by atoms with Gasteiger partial charge in [0.15, 0.2) is 5.54 Å². The van der Waals surface area contributed by atoms with Crippen LogP contribution in [-0.4, -0.2) is 49.0 Å². The van der Waals surface area contributed by atoms with E-state index in [9.17, 15) is 19.2 Å². The normalized spacial score (nSPS) is 19.7. The summed E-state index contributed by atoms with van der Waals surface area (Å²) in [7, 11) is 1.26. The molecule has 2 heterocycles. The quantitative estimate of drug-likeness (QED) is 0.586. The van der Waals surface area contributed by atoms with Gasteiger partial charge in [-0.3, -0.25) is 14.5 Å². The number of nitrogens with one attached hydrogen (secondary N) is 2. The van der Waals surface area contributed by atoms with Crippen LogP contribution in [0.2, 0.25) is 0 Å². The fourth-order valence-corrected chi connectivity index (χ4v) is 3.70. The Morgan fingerprint density at radius 2 is 2.00 bits per heavy atom. The highest BCUT2D eigenvalue weighted by Gasteiger charge is 2.55. The number of amides is 4. The predicted molar refractivity (Wildman–Crippen MR) is 105 cm³/mol. The van der Waals surface area contributed by atoms with Gasteiger partial charge in [-0.2, -0.15) is 0 Å². The van der Waals surface area contributed by atoms with Gasteiger partial charge in [0.25, 0.3) is 5.91 Å². The molecule has 2 N–H and O–H groups in total. The van der Waals surface area contributed by atoms with Gasteiger partial charge in [-0.15, -0.1) is 0 Å². The molecule has 0 radical (unpaired) electrons. The number of benzene rings is 2. The SMILES string of the molecule is COC(=O)c1cccc(NC(=O)CN2C(=O)NC3(CCOc4ccccc43)C2=O)c1. The van der Waals surface area contributed by atoms with Crippen LogP contribution in [0.5, 0.6) is 5.75 Å². The molecule has 0 saturated carbocycles. The Kier molecular flexibility index (Phi) is 4.86. The van der Waals surface area contributed by atoms with Crippen LogP contribution in [0.3, 0.4) is 0 Å². The summed E-state index contributed by atoms with van der Waals surface area (Å²) in [5, 5.41) is 5.34. The maximum atomic E-state index is 13.2. The third kappa shape index (κ3) is 3.24. The molecule has 154 valence electrons. The van der Waals surface area contributed by atoms with Crippen LogP contribution >= 0.6 is 0 Å². The summed E-state index contributed by atoms with van der Waals surface area (Å²) in [6.45, 7) is -0.193. The molecule has 1 saturated heterocycles. The standard InChI is InChI=1S/C21H19N3O6/c1-29-18(26)13-5-4-6-14(11-13)22-17(25)12-24-19(27)21(23-20(24)28)9-10-30-16-8-3-2-7-15(16)21/h2-8,11H,9-10,12H2,1H3,(H,22,25)(H,23,28). The van der Waals surface area contributed by atoms with E-state index in [-0.39, 0.29) is 18.6 Å². The molecule has 2 aromatic carbocycles. The number of carbonyl (C=O) groups excluding carboxylic acids is 4. The van der Waals surface area contributed by atoms with E-state index < -0.39 is 35.9 Å². The number of imide groups is 1. The van der Waals surface area contributed by atoms with Gasteiger partial charge >= 0.3 is 12.0 Å². The van der Waals surface area contributed by atoms with E-state index in [1.54, 1.807) is 42.5 Å². The lowest BCUT2D eigenvalue weighted by Crippen LogP contribution is -2.48. The van der Waals surface area contributed by atoms with Crippen molar-refractivity contribution in [3.05, 3.63) is 59.7 Å². The third-order valence-corrected chi connectivity index (χ3v) is 5.13. The number of anilines is 1. The second-order valence-corrected chi connectivity index (χ2v) is 6.94. The number of methoxy groups -OCH3 is 1. The molecule has 9 heteroatoms. The number of para-hydroxylation sites is 1. The van der Waals surface area contributed by atoms with E-state index in [1.165, 1.54) is 13.2 Å². The molecule has 0 aromatic heterocycles. The van der Waals surface area contributed by atoms with E-state index in [1.807, 2.05) is 0 Å². The largest absolute Gasteiger partial charge is 0.493 e. The third-order valence-electron chi connectivity index (χ3n) is 5.13. The number of hydrogen-bond acceptors (Lipinski definition) is 6. The number of carbonyl (C=O) groups is 4. The summed E-state index contributed by atoms with van der Waals surface area (Å²) in [4.78, 5) is 50.8. The highest BCUT2D eigenvalue weighted by atomic mass is 16.5. The smallest absolute Gasteiger partial charge is 0.337 e. The highest BCUT2D eigenvalue weighted by molar-refractivity contribution is 6.10. The van der Waals surface area contributed by atoms with Gasteiger partial charge in [0.05, 0.1) is 19.3 Å². The Hall–Kier alpha value is -3.88. The average molecular weight is 409 g/mol. The van der Waals surface area contributed by atoms with Gasteiger partial charge in [-0.05, 0) is 24.3 Å². The fourth-order valence-electron chi connectivity index (χ4n) is 3.70. The lowest BCUT2D eigenvalue weighted by molar-refractivity contribution is -0.135. The maximum Gasteiger partial charge on any atom is 0.337 e. The van der Waals surface area contributed by atoms with Crippen LogP contribution < -0.4 is 15.4 Å². The minimum absolute atomic E-state index is 0.267. The van der Waals surface area contributed by atoms with Crippen molar-refractivity contribution in [2.75, 3.05) is 25.6 Å². The van der Waals surface area contributed by atoms with E-state index in [2.05, 4.69) is 15.4 Å². The van der Waals surface area contributed by atoms with Crippen molar-refractivity contribution in [1.82, 2.24) is 10.2 Å². The van der Waals surface area contributed by atoms with E-state index in [4.69, 9.17) is 4.74 Å². The topological polar surface area (TPSA) is 114 Å². The monoisotopic (exact) mass is 409 g/mol. The van der Waals surface area contributed by atoms with Crippen molar-refractivity contribution in [3.8, 4) is 5.75 Å². The summed E-state index contributed by atoms with van der Waals surface area (Å²) in [5.74, 6) is -1.08. The highest BCUT2D eigenvalue weighted by Crippen LogP contribution is 2.40. The van der Waals surface area contributed by atoms with Crippen molar-refractivity contribution in [2.24, 2.45) is 0 Å². The summed E-state index contributed by atoms with van der Waals surface area (Å²) in [6, 6.07) is 12.5. The van der Waals surface area contributed by atoms with Crippen molar-refractivity contribution in [3.63, 3.8) is 0 Å². The van der Waals surface area contributed by atoms with E-state index in [0.717, 1.165) is 4.90 Å². The van der Waals surface area contributed by atoms with Gasteiger partial charge in [0, 0.05) is 17.7 Å². The molecule has 2 aromatic rings. The van der Waals surface area contributed by atoms with Crippen molar-refractivity contribution >= 4 is 29.5 Å². The molecule has 1 spiro atoms. The Morgan fingerprint density at radius 1 is 1.20 bits per heavy atom. The Bertz CT molecular complexity index is 1050. The van der Waals surface area contributed by atoms with Gasteiger partial charge in [0.1, 0.15) is 12.3 Å². The molecule has 0 aliphatic carbocycles. The molecule has 1 atom stereocenters. The number of ether oxygens (including phenoxy) is 2. The molecule has 4 amide bonds. The van der Waals surface area contributed by atoms with Gasteiger partial charge < -0.3 is 20.1 Å². The Labute approximate surface area is 171 Å². The van der Waals surface area contributed by atoms with Crippen LogP contribution in [-0.2, 0) is 19.9 Å². The average Bonchev–Trinajstić information content (AvgIpc) is 2.98. The molecule has 1 unspecified atom stereocenters. The molecular formula is C21H19N3O6. The summed E-state index contributed by atoms with van der Waals surface area (Å²) < 4.78 is 10.2. The van der Waals surface area contributed by atoms with Crippen molar-refractivity contribution in [2.45, 2.75) is 12.0 Å². The van der Waals surface area contributed by atoms with Crippen LogP contribution in [0.25, 0.3) is 0 Å². The second kappa shape index (κ2) is 7.51. The molecule has 30 heavy (non-hydrogen) atoms.